The van der Waals surface area contributed by atoms with Gasteiger partial charge in [-0.15, -0.1) is 0 Å². The molecule has 6 heteroatoms. The van der Waals surface area contributed by atoms with Crippen LogP contribution in [0.2, 0.25) is 0 Å². The van der Waals surface area contributed by atoms with E-state index in [9.17, 15) is 4.79 Å². The molecule has 0 saturated carbocycles. The van der Waals surface area contributed by atoms with Gasteiger partial charge in [0.05, 0.1) is 24.6 Å². The smallest absolute Gasteiger partial charge is 0.335 e. The molecule has 33 heavy (non-hydrogen) atoms. The van der Waals surface area contributed by atoms with E-state index >= 15 is 0 Å². The number of carbonyl (C=O) groups excluding carboxylic acids is 1. The molecule has 0 N–H and O–H groups in total. The lowest BCUT2D eigenvalue weighted by molar-refractivity contribution is -0.235. The van der Waals surface area contributed by atoms with Crippen molar-refractivity contribution in [3.8, 4) is 0 Å². The van der Waals surface area contributed by atoms with Crippen molar-refractivity contribution >= 4 is 5.97 Å². The second-order valence-electron chi connectivity index (χ2n) is 10.7. The zero-order chi connectivity index (χ0) is 24.5. The molecular weight excluding hydrogens is 420 g/mol. The molecule has 0 bridgehead atoms. The van der Waals surface area contributed by atoms with Crippen molar-refractivity contribution in [2.75, 3.05) is 20.8 Å². The lowest BCUT2D eigenvalue weighted by atomic mass is 9.58. The van der Waals surface area contributed by atoms with Gasteiger partial charge in [0, 0.05) is 32.6 Å². The molecule has 2 aliphatic heterocycles. The monoisotopic (exact) mass is 460 g/mol. The van der Waals surface area contributed by atoms with E-state index in [1.807, 2.05) is 40.7 Å². The number of hydrogen-bond acceptors (Lipinski definition) is 6. The van der Waals surface area contributed by atoms with E-state index in [2.05, 4.69) is 25.2 Å². The van der Waals surface area contributed by atoms with Gasteiger partial charge in [0.15, 0.2) is 5.79 Å². The van der Waals surface area contributed by atoms with Gasteiger partial charge in [0.1, 0.15) is 5.60 Å². The van der Waals surface area contributed by atoms with Crippen LogP contribution in [0.5, 0.6) is 0 Å². The van der Waals surface area contributed by atoms with Crippen molar-refractivity contribution in [3.05, 3.63) is 47.8 Å². The molecule has 5 atom stereocenters. The lowest BCUT2D eigenvalue weighted by Gasteiger charge is -2.49. The largest absolute Gasteiger partial charge is 0.432 e. The number of hydrogen-bond donors (Lipinski definition) is 0. The topological polar surface area (TPSA) is 63.2 Å². The van der Waals surface area contributed by atoms with Crippen molar-refractivity contribution in [3.63, 3.8) is 0 Å². The van der Waals surface area contributed by atoms with E-state index in [0.717, 1.165) is 24.0 Å². The summed E-state index contributed by atoms with van der Waals surface area (Å²) in [6, 6.07) is 0. The summed E-state index contributed by atoms with van der Waals surface area (Å²) < 4.78 is 29.7. The highest BCUT2D eigenvalue weighted by atomic mass is 16.7. The van der Waals surface area contributed by atoms with Crippen molar-refractivity contribution in [1.82, 2.24) is 0 Å². The summed E-state index contributed by atoms with van der Waals surface area (Å²) in [6.45, 7) is 12.6. The van der Waals surface area contributed by atoms with Gasteiger partial charge in [-0.2, -0.15) is 0 Å². The third kappa shape index (κ3) is 5.19. The van der Waals surface area contributed by atoms with Gasteiger partial charge in [-0.1, -0.05) is 30.7 Å². The lowest BCUT2D eigenvalue weighted by Crippen LogP contribution is -2.53. The summed E-state index contributed by atoms with van der Waals surface area (Å²) in [5.74, 6) is -1.20. The highest BCUT2D eigenvalue weighted by molar-refractivity contribution is 5.83. The summed E-state index contributed by atoms with van der Waals surface area (Å²) in [5.41, 5.74) is 0.866. The molecule has 3 rings (SSSR count). The van der Waals surface area contributed by atoms with E-state index in [4.69, 9.17) is 23.7 Å². The average molecular weight is 461 g/mol. The van der Waals surface area contributed by atoms with Crippen molar-refractivity contribution < 1.29 is 28.5 Å². The zero-order valence-electron chi connectivity index (χ0n) is 21.4. The first-order chi connectivity index (χ1) is 15.4. The molecule has 1 aliphatic carbocycles. The molecule has 2 fully saturated rings. The minimum atomic E-state index is -0.735. The van der Waals surface area contributed by atoms with Crippen LogP contribution in [0.25, 0.3) is 0 Å². The molecular formula is C27H40O6. The Morgan fingerprint density at radius 1 is 1.27 bits per heavy atom. The van der Waals surface area contributed by atoms with Gasteiger partial charge < -0.3 is 23.7 Å². The minimum absolute atomic E-state index is 0.0794. The second kappa shape index (κ2) is 9.49. The van der Waals surface area contributed by atoms with E-state index in [1.54, 1.807) is 14.2 Å². The molecule has 3 aliphatic rings. The third-order valence-electron chi connectivity index (χ3n) is 7.31. The molecule has 0 radical (unpaired) electrons. The van der Waals surface area contributed by atoms with Crippen LogP contribution in [0.4, 0.5) is 0 Å². The molecule has 1 spiro atoms. The molecule has 0 aromatic carbocycles. The highest BCUT2D eigenvalue weighted by Gasteiger charge is 2.67. The first-order valence-electron chi connectivity index (χ1n) is 11.7. The van der Waals surface area contributed by atoms with E-state index in [-0.39, 0.29) is 29.0 Å². The maximum Gasteiger partial charge on any atom is 0.335 e. The quantitative estimate of drug-likeness (QED) is 0.213. The van der Waals surface area contributed by atoms with Gasteiger partial charge >= 0.3 is 5.97 Å². The van der Waals surface area contributed by atoms with Crippen LogP contribution in [0.1, 0.15) is 60.8 Å². The molecule has 0 aromatic rings. The maximum absolute atomic E-state index is 12.1. The fraction of sp³-hybridized carbons (Fsp3) is 0.667. The normalized spacial score (nSPS) is 36.1. The van der Waals surface area contributed by atoms with Crippen LogP contribution >= 0.6 is 0 Å². The Morgan fingerprint density at radius 2 is 2.00 bits per heavy atom. The summed E-state index contributed by atoms with van der Waals surface area (Å²) in [6.07, 6.45) is 13.7. The summed E-state index contributed by atoms with van der Waals surface area (Å²) in [5, 5.41) is 0. The van der Waals surface area contributed by atoms with Crippen LogP contribution in [-0.2, 0) is 28.5 Å². The maximum atomic E-state index is 12.1. The predicted molar refractivity (Wildman–Crippen MR) is 127 cm³/mol. The molecule has 0 unspecified atom stereocenters. The third-order valence-corrected chi connectivity index (χ3v) is 7.31. The number of allylic oxidation sites excluding steroid dienone is 3. The van der Waals surface area contributed by atoms with E-state index in [1.165, 1.54) is 12.3 Å². The predicted octanol–water partition coefficient (Wildman–Crippen LogP) is 5.25. The first kappa shape index (κ1) is 25.9. The number of rotatable bonds is 8. The summed E-state index contributed by atoms with van der Waals surface area (Å²) >= 11 is 0. The SMILES string of the molecule is COC(C)(C)/C=C/C[C@@]1(C)CC=C2CO[C@H]3C[C@@](C)(OC)O[C@@]23[C@@H]1/C=C\OC(=O)C=C(C)C. The molecule has 6 nitrogen and oxygen atoms in total. The van der Waals surface area contributed by atoms with Crippen LogP contribution in [0, 0.1) is 11.3 Å². The van der Waals surface area contributed by atoms with Crippen molar-refractivity contribution in [1.29, 1.82) is 0 Å². The van der Waals surface area contributed by atoms with Gasteiger partial charge in [0.2, 0.25) is 0 Å². The number of esters is 1. The Kier molecular flexibility index (Phi) is 7.45. The Balaban J connectivity index is 1.98. The average Bonchev–Trinajstić information content (AvgIpc) is 3.21. The fourth-order valence-corrected chi connectivity index (χ4v) is 5.24. The summed E-state index contributed by atoms with van der Waals surface area (Å²) in [4.78, 5) is 12.1. The van der Waals surface area contributed by atoms with E-state index < -0.39 is 11.4 Å². The minimum Gasteiger partial charge on any atom is -0.432 e. The number of ether oxygens (including phenoxy) is 5. The second-order valence-corrected chi connectivity index (χ2v) is 10.7. The Morgan fingerprint density at radius 3 is 2.64 bits per heavy atom. The Hall–Kier alpha value is -1.73. The van der Waals surface area contributed by atoms with Gasteiger partial charge in [-0.3, -0.25) is 0 Å². The van der Waals surface area contributed by atoms with Crippen LogP contribution in [0.15, 0.2) is 47.8 Å². The van der Waals surface area contributed by atoms with Crippen LogP contribution in [-0.4, -0.2) is 49.9 Å². The molecule has 184 valence electrons. The molecule has 0 aromatic heterocycles. The highest BCUT2D eigenvalue weighted by Crippen LogP contribution is 2.60. The van der Waals surface area contributed by atoms with E-state index in [0.29, 0.717) is 13.0 Å². The first-order valence-corrected chi connectivity index (χ1v) is 11.7. The summed E-state index contributed by atoms with van der Waals surface area (Å²) in [7, 11) is 3.39. The van der Waals surface area contributed by atoms with Crippen LogP contribution in [0.3, 0.4) is 0 Å². The molecule has 0 amide bonds. The number of carbonyl (C=O) groups is 1. The fourth-order valence-electron chi connectivity index (χ4n) is 5.24. The zero-order valence-corrected chi connectivity index (χ0v) is 21.4. The van der Waals surface area contributed by atoms with Crippen molar-refractivity contribution in [2.24, 2.45) is 11.3 Å². The molecule has 2 saturated heterocycles. The standard InChI is InChI=1S/C27H40O6/c1-19(2)16-23(28)31-15-11-21-25(5,13-9-12-24(3,4)29-7)14-10-20-18-32-22-17-26(6,30-8)33-27(20,21)22/h9-12,15-16,21-22H,13-14,17-18H2,1-8H3/b12-9+,15-11-/t21-,22+,25+,26+,27-/m1/s1. The molecule has 2 heterocycles. The van der Waals surface area contributed by atoms with Gasteiger partial charge in [-0.05, 0) is 64.5 Å². The van der Waals surface area contributed by atoms with Gasteiger partial charge in [0.25, 0.3) is 0 Å². The Labute approximate surface area is 198 Å². The van der Waals surface area contributed by atoms with Gasteiger partial charge in [-0.25, -0.2) is 4.79 Å². The number of methoxy groups -OCH3 is 2. The van der Waals surface area contributed by atoms with Crippen molar-refractivity contribution in [2.45, 2.75) is 83.9 Å². The van der Waals surface area contributed by atoms with Crippen LogP contribution < -0.4 is 0 Å². The Bertz CT molecular complexity index is 864.